The van der Waals surface area contributed by atoms with E-state index in [-0.39, 0.29) is 42.7 Å². The number of ether oxygens (including phenoxy) is 4. The standard InChI is InChI=1S/C27H32N2O9/c1-15-8-22(25(26(32)35-3)23(9-15)37-16(2)13-30)36-14-18-10-20(12-29(18)27(33)34)38-19-6-4-17-5-7-24(31)28-21(17)11-19/h4,6,8-9,11,16,18,20,30H,5,7,10,12-14H2,1-3H3,(H,28,31)(H,33,34)/t16?,18-,20+/m1/s1. The lowest BCUT2D eigenvalue weighted by Crippen LogP contribution is -2.38. The number of rotatable bonds is 9. The highest BCUT2D eigenvalue weighted by atomic mass is 16.5. The van der Waals surface area contributed by atoms with Gasteiger partial charge in [0, 0.05) is 24.6 Å². The first-order chi connectivity index (χ1) is 18.2. The third kappa shape index (κ3) is 6.10. The van der Waals surface area contributed by atoms with Crippen molar-refractivity contribution in [3.63, 3.8) is 0 Å². The molecule has 0 radical (unpaired) electrons. The zero-order chi connectivity index (χ0) is 27.4. The molecular weight excluding hydrogens is 496 g/mol. The number of aliphatic hydroxyl groups is 1. The van der Waals surface area contributed by atoms with Crippen LogP contribution in [-0.2, 0) is 16.0 Å². The fraction of sp³-hybridized carbons (Fsp3) is 0.444. The van der Waals surface area contributed by atoms with E-state index in [4.69, 9.17) is 18.9 Å². The average molecular weight is 529 g/mol. The number of amides is 2. The van der Waals surface area contributed by atoms with Gasteiger partial charge in [0.1, 0.15) is 41.6 Å². The molecule has 2 aromatic carbocycles. The summed E-state index contributed by atoms with van der Waals surface area (Å²) >= 11 is 0. The Hall–Kier alpha value is -3.99. The highest BCUT2D eigenvalue weighted by Gasteiger charge is 2.37. The van der Waals surface area contributed by atoms with Crippen LogP contribution in [0.25, 0.3) is 0 Å². The van der Waals surface area contributed by atoms with Crippen LogP contribution in [0, 0.1) is 6.92 Å². The molecule has 0 aliphatic carbocycles. The Labute approximate surface area is 220 Å². The van der Waals surface area contributed by atoms with E-state index in [1.165, 1.54) is 12.0 Å². The lowest BCUT2D eigenvalue weighted by atomic mass is 10.0. The molecule has 38 heavy (non-hydrogen) atoms. The molecule has 0 bridgehead atoms. The summed E-state index contributed by atoms with van der Waals surface area (Å²) in [5.74, 6) is 0.205. The van der Waals surface area contributed by atoms with E-state index in [0.717, 1.165) is 11.1 Å². The molecule has 2 aliphatic rings. The first kappa shape index (κ1) is 27.1. The molecular formula is C27H32N2O9. The van der Waals surface area contributed by atoms with Gasteiger partial charge in [-0.15, -0.1) is 0 Å². The number of anilines is 1. The number of carbonyl (C=O) groups excluding carboxylic acids is 2. The Morgan fingerprint density at radius 2 is 1.95 bits per heavy atom. The predicted molar refractivity (Wildman–Crippen MR) is 136 cm³/mol. The molecule has 1 fully saturated rings. The highest BCUT2D eigenvalue weighted by Crippen LogP contribution is 2.34. The van der Waals surface area contributed by atoms with Gasteiger partial charge in [0.05, 0.1) is 26.3 Å². The van der Waals surface area contributed by atoms with Crippen molar-refractivity contribution in [2.75, 3.05) is 32.2 Å². The van der Waals surface area contributed by atoms with Gasteiger partial charge in [0.15, 0.2) is 0 Å². The van der Waals surface area contributed by atoms with Crippen molar-refractivity contribution in [3.8, 4) is 17.2 Å². The minimum atomic E-state index is -1.11. The summed E-state index contributed by atoms with van der Waals surface area (Å²) in [4.78, 5) is 37.6. The largest absolute Gasteiger partial charge is 0.490 e. The zero-order valence-corrected chi connectivity index (χ0v) is 21.6. The number of nitrogens with one attached hydrogen (secondary N) is 1. The predicted octanol–water partition coefficient (Wildman–Crippen LogP) is 3.00. The van der Waals surface area contributed by atoms with E-state index >= 15 is 0 Å². The van der Waals surface area contributed by atoms with Crippen LogP contribution in [-0.4, -0.2) is 78.2 Å². The first-order valence-electron chi connectivity index (χ1n) is 12.4. The normalized spacial score (nSPS) is 19.3. The number of carboxylic acid groups (broad SMARTS) is 1. The molecule has 2 aliphatic heterocycles. The minimum Gasteiger partial charge on any atom is -0.490 e. The van der Waals surface area contributed by atoms with Crippen molar-refractivity contribution in [1.82, 2.24) is 4.90 Å². The Balaban J connectivity index is 1.49. The van der Waals surface area contributed by atoms with Crippen LogP contribution < -0.4 is 19.5 Å². The zero-order valence-electron chi connectivity index (χ0n) is 21.6. The number of nitrogens with zero attached hydrogens (tertiary/aromatic N) is 1. The summed E-state index contributed by atoms with van der Waals surface area (Å²) < 4.78 is 22.7. The second kappa shape index (κ2) is 11.6. The fourth-order valence-electron chi connectivity index (χ4n) is 4.64. The fourth-order valence-corrected chi connectivity index (χ4v) is 4.64. The number of methoxy groups -OCH3 is 1. The summed E-state index contributed by atoms with van der Waals surface area (Å²) in [6.45, 7) is 3.30. The quantitative estimate of drug-likeness (QED) is 0.418. The lowest BCUT2D eigenvalue weighted by Gasteiger charge is -2.23. The molecule has 1 saturated heterocycles. The molecule has 0 spiro atoms. The number of hydrogen-bond donors (Lipinski definition) is 3. The van der Waals surface area contributed by atoms with E-state index in [1.807, 2.05) is 12.1 Å². The van der Waals surface area contributed by atoms with Crippen molar-refractivity contribution in [3.05, 3.63) is 47.0 Å². The third-order valence-electron chi connectivity index (χ3n) is 6.52. The topological polar surface area (TPSA) is 144 Å². The van der Waals surface area contributed by atoms with Crippen LogP contribution in [0.2, 0.25) is 0 Å². The number of likely N-dealkylation sites (tertiary alicyclic amines) is 1. The van der Waals surface area contributed by atoms with Gasteiger partial charge in [-0.1, -0.05) is 6.07 Å². The molecule has 3 atom stereocenters. The Bertz CT molecular complexity index is 1220. The summed E-state index contributed by atoms with van der Waals surface area (Å²) in [7, 11) is 1.24. The lowest BCUT2D eigenvalue weighted by molar-refractivity contribution is -0.116. The van der Waals surface area contributed by atoms with Gasteiger partial charge in [0.2, 0.25) is 5.91 Å². The molecule has 0 saturated carbocycles. The Morgan fingerprint density at radius 1 is 1.18 bits per heavy atom. The molecule has 0 aromatic heterocycles. The van der Waals surface area contributed by atoms with Crippen LogP contribution in [0.15, 0.2) is 30.3 Å². The number of fused-ring (bicyclic) bond motifs is 1. The first-order valence-corrected chi connectivity index (χ1v) is 12.4. The maximum absolute atomic E-state index is 12.6. The number of hydrogen-bond acceptors (Lipinski definition) is 8. The Kier molecular flexibility index (Phi) is 8.26. The van der Waals surface area contributed by atoms with Crippen LogP contribution >= 0.6 is 0 Å². The van der Waals surface area contributed by atoms with Crippen molar-refractivity contribution < 1.29 is 43.5 Å². The molecule has 204 valence electrons. The monoisotopic (exact) mass is 528 g/mol. The van der Waals surface area contributed by atoms with Gasteiger partial charge in [-0.3, -0.25) is 9.69 Å². The number of benzene rings is 2. The summed E-state index contributed by atoms with van der Waals surface area (Å²) in [6.07, 6.45) is -0.646. The van der Waals surface area contributed by atoms with Crippen molar-refractivity contribution in [2.45, 2.75) is 51.4 Å². The second-order valence-electron chi connectivity index (χ2n) is 9.48. The summed E-state index contributed by atoms with van der Waals surface area (Å²) in [6, 6.07) is 8.23. The van der Waals surface area contributed by atoms with Gasteiger partial charge in [-0.2, -0.15) is 0 Å². The second-order valence-corrected chi connectivity index (χ2v) is 9.48. The van der Waals surface area contributed by atoms with Crippen LogP contribution in [0.1, 0.15) is 41.3 Å². The maximum atomic E-state index is 12.6. The molecule has 11 heteroatoms. The van der Waals surface area contributed by atoms with Gasteiger partial charge in [-0.05, 0) is 49.6 Å². The minimum absolute atomic E-state index is 0.0329. The van der Waals surface area contributed by atoms with E-state index in [1.54, 1.807) is 32.0 Å². The molecule has 4 rings (SSSR count). The maximum Gasteiger partial charge on any atom is 0.407 e. The van der Waals surface area contributed by atoms with E-state index in [0.29, 0.717) is 30.7 Å². The molecule has 2 heterocycles. The van der Waals surface area contributed by atoms with Gasteiger partial charge >= 0.3 is 12.1 Å². The molecule has 3 N–H and O–H groups in total. The van der Waals surface area contributed by atoms with E-state index in [9.17, 15) is 24.6 Å². The summed E-state index contributed by atoms with van der Waals surface area (Å²) in [5.41, 5.74) is 2.53. The molecule has 2 amide bonds. The molecule has 1 unspecified atom stereocenters. The molecule has 2 aromatic rings. The SMILES string of the molecule is COC(=O)c1c(OC[C@H]2C[C@H](Oc3ccc4c(c3)NC(=O)CC4)CN2C(=O)O)cc(C)cc1OC(C)CO. The van der Waals surface area contributed by atoms with Crippen molar-refractivity contribution in [1.29, 1.82) is 0 Å². The summed E-state index contributed by atoms with van der Waals surface area (Å²) in [5, 5.41) is 22.0. The van der Waals surface area contributed by atoms with E-state index < -0.39 is 30.3 Å². The van der Waals surface area contributed by atoms with Crippen LogP contribution in [0.4, 0.5) is 10.5 Å². The average Bonchev–Trinajstić information content (AvgIpc) is 3.29. The number of aliphatic hydroxyl groups excluding tert-OH is 1. The van der Waals surface area contributed by atoms with Crippen LogP contribution in [0.3, 0.4) is 0 Å². The van der Waals surface area contributed by atoms with E-state index in [2.05, 4.69) is 5.32 Å². The number of carbonyl (C=O) groups is 3. The van der Waals surface area contributed by atoms with Gasteiger partial charge < -0.3 is 34.5 Å². The van der Waals surface area contributed by atoms with Gasteiger partial charge in [0.25, 0.3) is 0 Å². The number of esters is 1. The van der Waals surface area contributed by atoms with Crippen molar-refractivity contribution in [2.24, 2.45) is 0 Å². The van der Waals surface area contributed by atoms with Crippen LogP contribution in [0.5, 0.6) is 17.2 Å². The Morgan fingerprint density at radius 3 is 2.66 bits per heavy atom. The smallest absolute Gasteiger partial charge is 0.407 e. The van der Waals surface area contributed by atoms with Gasteiger partial charge in [-0.25, -0.2) is 9.59 Å². The third-order valence-corrected chi connectivity index (χ3v) is 6.52. The number of aryl methyl sites for hydroxylation is 2. The van der Waals surface area contributed by atoms with Crippen molar-refractivity contribution >= 4 is 23.7 Å². The molecule has 11 nitrogen and oxygen atoms in total. The highest BCUT2D eigenvalue weighted by molar-refractivity contribution is 5.96.